The summed E-state index contributed by atoms with van der Waals surface area (Å²) in [5.41, 5.74) is 2.63. The molecule has 0 spiro atoms. The van der Waals surface area contributed by atoms with Crippen LogP contribution in [0.2, 0.25) is 0 Å². The van der Waals surface area contributed by atoms with Crippen molar-refractivity contribution in [2.45, 2.75) is 26.4 Å². The number of aryl methyl sites for hydroxylation is 1. The molecule has 0 radical (unpaired) electrons. The summed E-state index contributed by atoms with van der Waals surface area (Å²) in [5.74, 6) is -0.0215. The number of nitrogens with one attached hydrogen (secondary N) is 1. The minimum Gasteiger partial charge on any atom is -0.354 e. The van der Waals surface area contributed by atoms with Crippen molar-refractivity contribution >= 4 is 32.9 Å². The summed E-state index contributed by atoms with van der Waals surface area (Å²) in [6.07, 6.45) is 3.52. The SMILES string of the molecule is Cc1ccc(Cn2cnc3c(cnn3CCNC(=O)CCBr)c2=O)cc1. The number of carbonyl (C=O) groups is 1. The van der Waals surface area contributed by atoms with Gasteiger partial charge in [0.25, 0.3) is 5.56 Å². The maximum Gasteiger partial charge on any atom is 0.264 e. The Morgan fingerprint density at radius 3 is 2.77 bits per heavy atom. The Morgan fingerprint density at radius 2 is 2.04 bits per heavy atom. The third-order valence-corrected chi connectivity index (χ3v) is 4.46. The molecule has 1 aromatic carbocycles. The van der Waals surface area contributed by atoms with Crippen molar-refractivity contribution < 1.29 is 4.79 Å². The second kappa shape index (κ2) is 8.27. The summed E-state index contributed by atoms with van der Waals surface area (Å²) in [6.45, 7) is 3.40. The standard InChI is InChI=1S/C18H20BrN5O2/c1-13-2-4-14(5-3-13)11-23-12-21-17-15(18(23)26)10-22-24(17)9-8-20-16(25)6-7-19/h2-5,10,12H,6-9,11H2,1H3,(H,20,25). The third-order valence-electron chi connectivity index (χ3n) is 4.06. The van der Waals surface area contributed by atoms with E-state index in [4.69, 9.17) is 0 Å². The molecule has 0 atom stereocenters. The second-order valence-corrected chi connectivity index (χ2v) is 6.85. The lowest BCUT2D eigenvalue weighted by atomic mass is 10.1. The van der Waals surface area contributed by atoms with Crippen LogP contribution >= 0.6 is 15.9 Å². The Balaban J connectivity index is 1.75. The van der Waals surface area contributed by atoms with Crippen LogP contribution < -0.4 is 10.9 Å². The predicted molar refractivity (Wildman–Crippen MR) is 103 cm³/mol. The first-order chi connectivity index (χ1) is 12.6. The van der Waals surface area contributed by atoms with Crippen molar-refractivity contribution in [3.05, 3.63) is 58.3 Å². The number of aromatic nitrogens is 4. The molecule has 2 heterocycles. The average molecular weight is 418 g/mol. The molecule has 8 heteroatoms. The molecule has 136 valence electrons. The molecular formula is C18H20BrN5O2. The average Bonchev–Trinajstić information content (AvgIpc) is 3.03. The predicted octanol–water partition coefficient (Wildman–Crippen LogP) is 1.85. The Kier molecular flexibility index (Phi) is 5.82. The normalized spacial score (nSPS) is 11.0. The molecule has 26 heavy (non-hydrogen) atoms. The highest BCUT2D eigenvalue weighted by atomic mass is 79.9. The maximum absolute atomic E-state index is 12.7. The molecule has 7 nitrogen and oxygen atoms in total. The van der Waals surface area contributed by atoms with Crippen LogP contribution in [-0.4, -0.2) is 37.1 Å². The van der Waals surface area contributed by atoms with E-state index in [1.165, 1.54) is 11.8 Å². The van der Waals surface area contributed by atoms with Crippen LogP contribution in [-0.2, 0) is 17.9 Å². The molecule has 0 aliphatic rings. The van der Waals surface area contributed by atoms with E-state index in [-0.39, 0.29) is 11.5 Å². The molecule has 0 saturated heterocycles. The van der Waals surface area contributed by atoms with Gasteiger partial charge in [0.1, 0.15) is 11.7 Å². The van der Waals surface area contributed by atoms with Crippen LogP contribution in [0.3, 0.4) is 0 Å². The number of nitrogens with zero attached hydrogens (tertiary/aromatic N) is 4. The summed E-state index contributed by atoms with van der Waals surface area (Å²) in [6, 6.07) is 8.05. The number of carbonyl (C=O) groups excluding carboxylic acids is 1. The lowest BCUT2D eigenvalue weighted by Crippen LogP contribution is -2.27. The highest BCUT2D eigenvalue weighted by Crippen LogP contribution is 2.08. The molecule has 0 unspecified atom stereocenters. The van der Waals surface area contributed by atoms with Crippen LogP contribution in [0.15, 0.2) is 41.6 Å². The Bertz CT molecular complexity index is 962. The van der Waals surface area contributed by atoms with Crippen LogP contribution in [0.5, 0.6) is 0 Å². The van der Waals surface area contributed by atoms with E-state index >= 15 is 0 Å². The first kappa shape index (κ1) is 18.3. The molecule has 3 aromatic rings. The van der Waals surface area contributed by atoms with E-state index in [1.807, 2.05) is 31.2 Å². The van der Waals surface area contributed by atoms with Gasteiger partial charge in [0.15, 0.2) is 5.65 Å². The Labute approximate surface area is 159 Å². The molecule has 0 aliphatic carbocycles. The highest BCUT2D eigenvalue weighted by Gasteiger charge is 2.10. The number of rotatable bonds is 7. The molecule has 3 rings (SSSR count). The summed E-state index contributed by atoms with van der Waals surface area (Å²) in [5, 5.41) is 8.16. The lowest BCUT2D eigenvalue weighted by Gasteiger charge is -2.07. The minimum absolute atomic E-state index is 0.0215. The van der Waals surface area contributed by atoms with E-state index in [0.717, 1.165) is 5.56 Å². The Morgan fingerprint density at radius 1 is 1.27 bits per heavy atom. The number of amides is 1. The van der Waals surface area contributed by atoms with Gasteiger partial charge in [-0.25, -0.2) is 9.67 Å². The fourth-order valence-corrected chi connectivity index (χ4v) is 3.00. The number of hydrogen-bond acceptors (Lipinski definition) is 4. The zero-order chi connectivity index (χ0) is 18.5. The molecule has 0 aliphatic heterocycles. The van der Waals surface area contributed by atoms with Gasteiger partial charge in [-0.2, -0.15) is 5.10 Å². The van der Waals surface area contributed by atoms with Crippen molar-refractivity contribution in [2.24, 2.45) is 0 Å². The molecule has 0 saturated carbocycles. The maximum atomic E-state index is 12.7. The molecule has 2 aromatic heterocycles. The number of alkyl halides is 1. The van der Waals surface area contributed by atoms with Gasteiger partial charge >= 0.3 is 0 Å². The van der Waals surface area contributed by atoms with E-state index in [2.05, 4.69) is 31.3 Å². The van der Waals surface area contributed by atoms with E-state index in [0.29, 0.717) is 42.4 Å². The van der Waals surface area contributed by atoms with Crippen LogP contribution in [0.1, 0.15) is 17.5 Å². The highest BCUT2D eigenvalue weighted by molar-refractivity contribution is 9.09. The van der Waals surface area contributed by atoms with Crippen LogP contribution in [0.25, 0.3) is 11.0 Å². The molecule has 1 N–H and O–H groups in total. The smallest absolute Gasteiger partial charge is 0.264 e. The second-order valence-electron chi connectivity index (χ2n) is 6.06. The Hall–Kier alpha value is -2.48. The van der Waals surface area contributed by atoms with E-state index in [1.54, 1.807) is 15.6 Å². The first-order valence-electron chi connectivity index (χ1n) is 8.37. The quantitative estimate of drug-likeness (QED) is 0.594. The van der Waals surface area contributed by atoms with Gasteiger partial charge < -0.3 is 5.32 Å². The number of benzene rings is 1. The van der Waals surface area contributed by atoms with Crippen molar-refractivity contribution in [3.8, 4) is 0 Å². The zero-order valence-corrected chi connectivity index (χ0v) is 16.1. The van der Waals surface area contributed by atoms with Gasteiger partial charge in [0.05, 0.1) is 19.3 Å². The van der Waals surface area contributed by atoms with Gasteiger partial charge in [0.2, 0.25) is 5.91 Å². The van der Waals surface area contributed by atoms with Gasteiger partial charge in [-0.1, -0.05) is 45.8 Å². The van der Waals surface area contributed by atoms with Gasteiger partial charge in [0, 0.05) is 18.3 Å². The molecule has 0 bridgehead atoms. The summed E-state index contributed by atoms with van der Waals surface area (Å²) < 4.78 is 3.22. The van der Waals surface area contributed by atoms with Crippen LogP contribution in [0.4, 0.5) is 0 Å². The third kappa shape index (κ3) is 4.19. The van der Waals surface area contributed by atoms with Gasteiger partial charge in [-0.3, -0.25) is 14.2 Å². The largest absolute Gasteiger partial charge is 0.354 e. The van der Waals surface area contributed by atoms with Gasteiger partial charge in [-0.05, 0) is 12.5 Å². The number of hydrogen-bond donors (Lipinski definition) is 1. The molecule has 1 amide bonds. The number of halogens is 1. The topological polar surface area (TPSA) is 81.8 Å². The first-order valence-corrected chi connectivity index (χ1v) is 9.50. The fourth-order valence-electron chi connectivity index (χ4n) is 2.64. The van der Waals surface area contributed by atoms with E-state index in [9.17, 15) is 9.59 Å². The number of fused-ring (bicyclic) bond motifs is 1. The minimum atomic E-state index is -0.120. The zero-order valence-electron chi connectivity index (χ0n) is 14.5. The van der Waals surface area contributed by atoms with Crippen molar-refractivity contribution in [1.29, 1.82) is 0 Å². The van der Waals surface area contributed by atoms with Crippen molar-refractivity contribution in [2.75, 3.05) is 11.9 Å². The monoisotopic (exact) mass is 417 g/mol. The summed E-state index contributed by atoms with van der Waals surface area (Å²) in [4.78, 5) is 28.6. The summed E-state index contributed by atoms with van der Waals surface area (Å²) >= 11 is 3.23. The molecule has 0 fully saturated rings. The van der Waals surface area contributed by atoms with E-state index < -0.39 is 0 Å². The van der Waals surface area contributed by atoms with Crippen molar-refractivity contribution in [1.82, 2.24) is 24.6 Å². The summed E-state index contributed by atoms with van der Waals surface area (Å²) in [7, 11) is 0. The van der Waals surface area contributed by atoms with Crippen LogP contribution in [0, 0.1) is 6.92 Å². The molecular weight excluding hydrogens is 398 g/mol. The lowest BCUT2D eigenvalue weighted by molar-refractivity contribution is -0.120. The van der Waals surface area contributed by atoms with Crippen molar-refractivity contribution in [3.63, 3.8) is 0 Å². The fraction of sp³-hybridized carbons (Fsp3) is 0.333. The van der Waals surface area contributed by atoms with Gasteiger partial charge in [-0.15, -0.1) is 0 Å².